The third-order valence-electron chi connectivity index (χ3n) is 4.30. The van der Waals surface area contributed by atoms with Gasteiger partial charge in [0.2, 0.25) is 0 Å². The molecule has 0 bridgehead atoms. The molecule has 3 rings (SSSR count). The van der Waals surface area contributed by atoms with Crippen LogP contribution < -0.4 is 10.2 Å². The number of hydrogen-bond donors (Lipinski definition) is 2. The summed E-state index contributed by atoms with van der Waals surface area (Å²) in [6.45, 7) is 1.38. The van der Waals surface area contributed by atoms with E-state index in [0.717, 1.165) is 25.6 Å². The number of rotatable bonds is 5. The van der Waals surface area contributed by atoms with Crippen molar-refractivity contribution in [3.63, 3.8) is 0 Å². The van der Waals surface area contributed by atoms with Crippen molar-refractivity contribution in [2.75, 3.05) is 24.7 Å². The summed E-state index contributed by atoms with van der Waals surface area (Å²) >= 11 is 1.74. The highest BCUT2D eigenvalue weighted by molar-refractivity contribution is 7.90. The van der Waals surface area contributed by atoms with Crippen molar-refractivity contribution in [1.29, 1.82) is 0 Å². The molecule has 24 heavy (non-hydrogen) atoms. The summed E-state index contributed by atoms with van der Waals surface area (Å²) in [5.41, 5.74) is 0.522. The summed E-state index contributed by atoms with van der Waals surface area (Å²) in [6.07, 6.45) is 3.38. The molecule has 0 aliphatic carbocycles. The van der Waals surface area contributed by atoms with Crippen LogP contribution in [0.4, 0.5) is 5.69 Å². The van der Waals surface area contributed by atoms with E-state index in [1.165, 1.54) is 21.9 Å². The number of likely N-dealkylation sites (tertiary alicyclic amines) is 1. The van der Waals surface area contributed by atoms with Gasteiger partial charge in [-0.05, 0) is 29.6 Å². The van der Waals surface area contributed by atoms with E-state index in [9.17, 15) is 13.2 Å². The summed E-state index contributed by atoms with van der Waals surface area (Å²) in [5.74, 6) is -0.0842. The second-order valence-electron chi connectivity index (χ2n) is 6.14. The van der Waals surface area contributed by atoms with Gasteiger partial charge in [0.25, 0.3) is 5.91 Å². The molecule has 1 aromatic carbocycles. The van der Waals surface area contributed by atoms with Crippen LogP contribution in [0.3, 0.4) is 0 Å². The number of amides is 1. The fourth-order valence-corrected chi connectivity index (χ4v) is 4.76. The normalized spacial score (nSPS) is 20.9. The van der Waals surface area contributed by atoms with Gasteiger partial charge in [-0.25, -0.2) is 8.42 Å². The maximum atomic E-state index is 12.4. The molecule has 7 heteroatoms. The first-order chi connectivity index (χ1) is 11.4. The topological polar surface area (TPSA) is 67.7 Å². The SMILES string of the molecule is CS(=O)(=O)c1cccc(NC(=O)C[NH+]2CCC[C@H]2c2cccs2)c1. The van der Waals surface area contributed by atoms with Crippen molar-refractivity contribution < 1.29 is 18.1 Å². The van der Waals surface area contributed by atoms with Gasteiger partial charge in [-0.15, -0.1) is 11.3 Å². The molecular weight excluding hydrogens is 344 g/mol. The number of thiophene rings is 1. The molecule has 1 unspecified atom stereocenters. The first-order valence-electron chi connectivity index (χ1n) is 7.91. The Morgan fingerprint density at radius 3 is 2.88 bits per heavy atom. The van der Waals surface area contributed by atoms with Gasteiger partial charge < -0.3 is 10.2 Å². The Morgan fingerprint density at radius 1 is 1.33 bits per heavy atom. The minimum absolute atomic E-state index is 0.0842. The molecule has 1 aliphatic heterocycles. The number of anilines is 1. The Bertz CT molecular complexity index is 816. The highest BCUT2D eigenvalue weighted by Crippen LogP contribution is 2.23. The van der Waals surface area contributed by atoms with Gasteiger partial charge >= 0.3 is 0 Å². The molecule has 1 fully saturated rings. The molecule has 0 radical (unpaired) electrons. The number of carbonyl (C=O) groups is 1. The largest absolute Gasteiger partial charge is 0.321 e. The zero-order chi connectivity index (χ0) is 17.2. The zero-order valence-electron chi connectivity index (χ0n) is 13.5. The molecule has 5 nitrogen and oxygen atoms in total. The summed E-state index contributed by atoms with van der Waals surface area (Å²) in [5, 5.41) is 4.90. The van der Waals surface area contributed by atoms with Crippen molar-refractivity contribution in [2.45, 2.75) is 23.8 Å². The lowest BCUT2D eigenvalue weighted by Gasteiger charge is -2.20. The molecule has 128 valence electrons. The molecule has 2 heterocycles. The van der Waals surface area contributed by atoms with E-state index in [2.05, 4.69) is 16.8 Å². The average Bonchev–Trinajstić information content (AvgIpc) is 3.17. The Hall–Kier alpha value is -1.70. The van der Waals surface area contributed by atoms with Crippen LogP contribution >= 0.6 is 11.3 Å². The predicted molar refractivity (Wildman–Crippen MR) is 95.2 cm³/mol. The summed E-state index contributed by atoms with van der Waals surface area (Å²) < 4.78 is 23.2. The van der Waals surface area contributed by atoms with Crippen LogP contribution in [0, 0.1) is 0 Å². The van der Waals surface area contributed by atoms with Crippen molar-refractivity contribution in [3.05, 3.63) is 46.7 Å². The van der Waals surface area contributed by atoms with Gasteiger partial charge in [-0.1, -0.05) is 12.1 Å². The maximum Gasteiger partial charge on any atom is 0.279 e. The Balaban J connectivity index is 1.66. The first kappa shape index (κ1) is 17.1. The molecular formula is C17H21N2O3S2+. The zero-order valence-corrected chi connectivity index (χ0v) is 15.1. The van der Waals surface area contributed by atoms with Gasteiger partial charge in [0, 0.05) is 24.8 Å². The van der Waals surface area contributed by atoms with Crippen LogP contribution in [0.15, 0.2) is 46.7 Å². The van der Waals surface area contributed by atoms with Gasteiger partial charge in [0.05, 0.1) is 16.3 Å². The minimum atomic E-state index is -3.28. The van der Waals surface area contributed by atoms with E-state index in [0.29, 0.717) is 18.3 Å². The fourth-order valence-electron chi connectivity index (χ4n) is 3.17. The highest BCUT2D eigenvalue weighted by Gasteiger charge is 2.32. The monoisotopic (exact) mass is 365 g/mol. The molecule has 2 N–H and O–H groups in total. The second kappa shape index (κ2) is 7.04. The van der Waals surface area contributed by atoms with Crippen LogP contribution in [0.25, 0.3) is 0 Å². The Kier molecular flexibility index (Phi) is 5.03. The minimum Gasteiger partial charge on any atom is -0.321 e. The Labute approximate surface area is 146 Å². The van der Waals surface area contributed by atoms with Crippen LogP contribution in [0.1, 0.15) is 23.8 Å². The van der Waals surface area contributed by atoms with Gasteiger partial charge in [-0.3, -0.25) is 4.79 Å². The van der Waals surface area contributed by atoms with Gasteiger partial charge in [0.1, 0.15) is 6.04 Å². The van der Waals surface area contributed by atoms with E-state index >= 15 is 0 Å². The molecule has 0 spiro atoms. The number of quaternary nitrogens is 1. The molecule has 1 aliphatic rings. The lowest BCUT2D eigenvalue weighted by Crippen LogP contribution is -3.11. The van der Waals surface area contributed by atoms with Crippen molar-refractivity contribution in [1.82, 2.24) is 0 Å². The lowest BCUT2D eigenvalue weighted by molar-refractivity contribution is -0.910. The number of sulfone groups is 1. The van der Waals surface area contributed by atoms with E-state index in [4.69, 9.17) is 0 Å². The molecule has 1 amide bonds. The third kappa shape index (κ3) is 4.03. The molecule has 2 aromatic rings. The fraction of sp³-hybridized carbons (Fsp3) is 0.353. The molecule has 2 atom stereocenters. The van der Waals surface area contributed by atoms with E-state index in [1.807, 2.05) is 6.07 Å². The first-order valence-corrected chi connectivity index (χ1v) is 10.7. The smallest absolute Gasteiger partial charge is 0.279 e. The van der Waals surface area contributed by atoms with Crippen LogP contribution in [-0.2, 0) is 14.6 Å². The Morgan fingerprint density at radius 2 is 2.17 bits per heavy atom. The van der Waals surface area contributed by atoms with E-state index in [-0.39, 0.29) is 10.8 Å². The van der Waals surface area contributed by atoms with Crippen LogP contribution in [0.2, 0.25) is 0 Å². The number of nitrogens with one attached hydrogen (secondary N) is 2. The second-order valence-corrected chi connectivity index (χ2v) is 9.14. The maximum absolute atomic E-state index is 12.4. The quantitative estimate of drug-likeness (QED) is 0.844. The summed E-state index contributed by atoms with van der Waals surface area (Å²) in [6, 6.07) is 11.0. The van der Waals surface area contributed by atoms with Crippen molar-refractivity contribution in [3.8, 4) is 0 Å². The van der Waals surface area contributed by atoms with Crippen LogP contribution in [0.5, 0.6) is 0 Å². The molecule has 1 aromatic heterocycles. The third-order valence-corrected chi connectivity index (χ3v) is 6.40. The lowest BCUT2D eigenvalue weighted by atomic mass is 10.2. The number of carbonyl (C=O) groups excluding carboxylic acids is 1. The predicted octanol–water partition coefficient (Wildman–Crippen LogP) is 1.51. The summed E-state index contributed by atoms with van der Waals surface area (Å²) in [4.78, 5) is 15.2. The van der Waals surface area contributed by atoms with Gasteiger partial charge in [0.15, 0.2) is 16.4 Å². The summed E-state index contributed by atoms with van der Waals surface area (Å²) in [7, 11) is -3.28. The van der Waals surface area contributed by atoms with E-state index in [1.54, 1.807) is 23.5 Å². The van der Waals surface area contributed by atoms with Crippen molar-refractivity contribution >= 4 is 32.8 Å². The van der Waals surface area contributed by atoms with Gasteiger partial charge in [-0.2, -0.15) is 0 Å². The molecule has 0 saturated carbocycles. The number of benzene rings is 1. The number of hydrogen-bond acceptors (Lipinski definition) is 4. The van der Waals surface area contributed by atoms with E-state index < -0.39 is 9.84 Å². The van der Waals surface area contributed by atoms with Crippen molar-refractivity contribution in [2.24, 2.45) is 0 Å². The average molecular weight is 366 g/mol. The van der Waals surface area contributed by atoms with Crippen LogP contribution in [-0.4, -0.2) is 33.7 Å². The standard InChI is InChI=1S/C17H20N2O3S2/c1-24(21,22)14-6-2-5-13(11-14)18-17(20)12-19-9-3-7-15(19)16-8-4-10-23-16/h2,4-6,8,10-11,15H,3,7,9,12H2,1H3,(H,18,20)/p+1/t15-/m0/s1. The molecule has 1 saturated heterocycles. The highest BCUT2D eigenvalue weighted by atomic mass is 32.2.